The number of anilines is 1. The number of fused-ring (bicyclic) bond motifs is 1. The minimum atomic E-state index is -1.15. The molecule has 0 radical (unpaired) electrons. The smallest absolute Gasteiger partial charge is 0.246 e. The number of amides is 3. The fourth-order valence-corrected chi connectivity index (χ4v) is 6.40. The molecule has 0 aromatic heterocycles. The van der Waals surface area contributed by atoms with E-state index in [1.54, 1.807) is 36.3 Å². The predicted octanol–water partition coefficient (Wildman–Crippen LogP) is 2.91. The highest BCUT2D eigenvalue weighted by Crippen LogP contribution is 2.55. The molecular weight excluding hydrogens is 470 g/mol. The van der Waals surface area contributed by atoms with Gasteiger partial charge in [0.15, 0.2) is 0 Å². The SMILES string of the molecule is COCCCN1C(=O)[C@H]2C(C(=O)Nc3cccc(Cl)c3)[C@H]3C=CC2(O3)C1C(=O)NC1CCCCC1. The van der Waals surface area contributed by atoms with Crippen LogP contribution in [-0.2, 0) is 23.9 Å². The van der Waals surface area contributed by atoms with E-state index in [-0.39, 0.29) is 23.8 Å². The third-order valence-electron chi connectivity index (χ3n) is 7.72. The Kier molecular flexibility index (Phi) is 6.88. The molecule has 1 spiro atoms. The average molecular weight is 502 g/mol. The molecule has 8 nitrogen and oxygen atoms in total. The van der Waals surface area contributed by atoms with Crippen LogP contribution in [0, 0.1) is 11.8 Å². The summed E-state index contributed by atoms with van der Waals surface area (Å²) in [4.78, 5) is 42.5. The minimum Gasteiger partial charge on any atom is -0.385 e. The van der Waals surface area contributed by atoms with Crippen molar-refractivity contribution >= 4 is 35.0 Å². The number of benzene rings is 1. The largest absolute Gasteiger partial charge is 0.385 e. The standard InChI is InChI=1S/C26H32ClN3O5/c1-34-14-6-13-30-22(24(32)28-17-8-3-2-4-9-17)26-12-11-19(35-26)20(21(26)25(30)33)23(31)29-18-10-5-7-16(27)15-18/h5,7,10-12,15,17,19-22H,2-4,6,8-9,13-14H2,1H3,(H,28,32)(H,29,31)/t19-,20?,21-,22?,26?/m1/s1. The van der Waals surface area contributed by atoms with Crippen LogP contribution in [0.3, 0.4) is 0 Å². The number of halogens is 1. The van der Waals surface area contributed by atoms with Gasteiger partial charge in [-0.2, -0.15) is 0 Å². The van der Waals surface area contributed by atoms with Crippen molar-refractivity contribution in [2.45, 2.75) is 62.3 Å². The summed E-state index contributed by atoms with van der Waals surface area (Å²) in [7, 11) is 1.61. The van der Waals surface area contributed by atoms with Crippen molar-refractivity contribution in [3.05, 3.63) is 41.4 Å². The fourth-order valence-electron chi connectivity index (χ4n) is 6.21. The monoisotopic (exact) mass is 501 g/mol. The molecule has 1 aromatic rings. The predicted molar refractivity (Wildman–Crippen MR) is 131 cm³/mol. The van der Waals surface area contributed by atoms with E-state index in [2.05, 4.69) is 10.6 Å². The fraction of sp³-hybridized carbons (Fsp3) is 0.577. The molecule has 3 unspecified atom stereocenters. The average Bonchev–Trinajstić information content (AvgIpc) is 3.47. The molecule has 3 aliphatic heterocycles. The summed E-state index contributed by atoms with van der Waals surface area (Å²) in [6.45, 7) is 0.828. The van der Waals surface area contributed by atoms with Crippen molar-refractivity contribution in [2.75, 3.05) is 25.6 Å². The molecule has 4 aliphatic rings. The molecule has 1 saturated carbocycles. The van der Waals surface area contributed by atoms with Crippen molar-refractivity contribution in [1.29, 1.82) is 0 Å². The molecule has 9 heteroatoms. The number of ether oxygens (including phenoxy) is 2. The molecule has 35 heavy (non-hydrogen) atoms. The van der Waals surface area contributed by atoms with Gasteiger partial charge >= 0.3 is 0 Å². The van der Waals surface area contributed by atoms with Crippen molar-refractivity contribution in [3.8, 4) is 0 Å². The zero-order valence-electron chi connectivity index (χ0n) is 19.9. The van der Waals surface area contributed by atoms with Crippen LogP contribution in [-0.4, -0.2) is 66.7 Å². The number of nitrogens with one attached hydrogen (secondary N) is 2. The third kappa shape index (κ3) is 4.36. The first-order chi connectivity index (χ1) is 16.9. The van der Waals surface area contributed by atoms with Crippen LogP contribution < -0.4 is 10.6 Å². The van der Waals surface area contributed by atoms with Gasteiger partial charge in [0.1, 0.15) is 11.6 Å². The number of likely N-dealkylation sites (tertiary alicyclic amines) is 1. The topological polar surface area (TPSA) is 97.0 Å². The Bertz CT molecular complexity index is 1030. The van der Waals surface area contributed by atoms with Crippen LogP contribution in [0.15, 0.2) is 36.4 Å². The van der Waals surface area contributed by atoms with Gasteiger partial charge in [-0.05, 0) is 37.5 Å². The first-order valence-corrected chi connectivity index (χ1v) is 12.9. The van der Waals surface area contributed by atoms with Crippen molar-refractivity contribution in [3.63, 3.8) is 0 Å². The lowest BCUT2D eigenvalue weighted by atomic mass is 9.74. The Hall–Kier alpha value is -2.42. The van der Waals surface area contributed by atoms with E-state index in [1.165, 1.54) is 6.42 Å². The number of methoxy groups -OCH3 is 1. The highest BCUT2D eigenvalue weighted by Gasteiger charge is 2.72. The lowest BCUT2D eigenvalue weighted by molar-refractivity contribution is -0.141. The Morgan fingerprint density at radius 2 is 2.03 bits per heavy atom. The van der Waals surface area contributed by atoms with E-state index >= 15 is 0 Å². The molecule has 2 bridgehead atoms. The highest BCUT2D eigenvalue weighted by atomic mass is 35.5. The number of hydrogen-bond acceptors (Lipinski definition) is 5. The van der Waals surface area contributed by atoms with Crippen molar-refractivity contribution in [1.82, 2.24) is 10.2 Å². The van der Waals surface area contributed by atoms with Gasteiger partial charge in [-0.15, -0.1) is 0 Å². The maximum Gasteiger partial charge on any atom is 0.246 e. The van der Waals surface area contributed by atoms with E-state index in [9.17, 15) is 14.4 Å². The van der Waals surface area contributed by atoms with E-state index in [0.29, 0.717) is 30.3 Å². The molecule has 1 aliphatic carbocycles. The highest BCUT2D eigenvalue weighted by molar-refractivity contribution is 6.30. The number of nitrogens with zero attached hydrogens (tertiary/aromatic N) is 1. The number of carbonyl (C=O) groups excluding carboxylic acids is 3. The normalized spacial score (nSPS) is 31.6. The van der Waals surface area contributed by atoms with E-state index in [4.69, 9.17) is 21.1 Å². The molecule has 5 atom stereocenters. The van der Waals surface area contributed by atoms with Gasteiger partial charge in [-0.1, -0.05) is 49.1 Å². The van der Waals surface area contributed by atoms with Gasteiger partial charge in [0.2, 0.25) is 17.7 Å². The van der Waals surface area contributed by atoms with Gasteiger partial charge in [-0.3, -0.25) is 14.4 Å². The second-order valence-electron chi connectivity index (χ2n) is 9.92. The molecule has 2 saturated heterocycles. The van der Waals surface area contributed by atoms with Crippen molar-refractivity contribution in [2.24, 2.45) is 11.8 Å². The summed E-state index contributed by atoms with van der Waals surface area (Å²) < 4.78 is 11.5. The van der Waals surface area contributed by atoms with E-state index in [1.807, 2.05) is 12.2 Å². The van der Waals surface area contributed by atoms with Crippen LogP contribution in [0.4, 0.5) is 5.69 Å². The Morgan fingerprint density at radius 1 is 1.23 bits per heavy atom. The summed E-state index contributed by atoms with van der Waals surface area (Å²) in [6, 6.07) is 6.17. The maximum atomic E-state index is 13.8. The molecule has 1 aromatic carbocycles. The van der Waals surface area contributed by atoms with Crippen LogP contribution in [0.2, 0.25) is 5.02 Å². The summed E-state index contributed by atoms with van der Waals surface area (Å²) in [5.74, 6) is -2.23. The van der Waals surface area contributed by atoms with Gasteiger partial charge in [0.25, 0.3) is 0 Å². The quantitative estimate of drug-likeness (QED) is 0.421. The number of hydrogen-bond donors (Lipinski definition) is 2. The third-order valence-corrected chi connectivity index (χ3v) is 7.95. The molecular formula is C26H32ClN3O5. The van der Waals surface area contributed by atoms with Crippen LogP contribution in [0.25, 0.3) is 0 Å². The zero-order chi connectivity index (χ0) is 24.6. The second-order valence-corrected chi connectivity index (χ2v) is 10.4. The summed E-state index contributed by atoms with van der Waals surface area (Å²) in [6.07, 6.45) is 8.93. The Balaban J connectivity index is 1.42. The number of carbonyl (C=O) groups is 3. The van der Waals surface area contributed by atoms with Crippen molar-refractivity contribution < 1.29 is 23.9 Å². The van der Waals surface area contributed by atoms with E-state index < -0.39 is 29.6 Å². The summed E-state index contributed by atoms with van der Waals surface area (Å²) in [5.41, 5.74) is -0.596. The molecule has 3 amide bonds. The van der Waals surface area contributed by atoms with Crippen LogP contribution >= 0.6 is 11.6 Å². The van der Waals surface area contributed by atoms with Gasteiger partial charge in [0.05, 0.1) is 17.9 Å². The Labute approximate surface area is 210 Å². The molecule has 3 heterocycles. The Morgan fingerprint density at radius 3 is 2.77 bits per heavy atom. The van der Waals surface area contributed by atoms with Gasteiger partial charge < -0.3 is 25.0 Å². The van der Waals surface area contributed by atoms with Gasteiger partial charge in [0, 0.05) is 37.0 Å². The number of rotatable bonds is 8. The first kappa shape index (κ1) is 24.3. The van der Waals surface area contributed by atoms with Gasteiger partial charge in [-0.25, -0.2) is 0 Å². The second kappa shape index (κ2) is 9.91. The lowest BCUT2D eigenvalue weighted by Crippen LogP contribution is -2.56. The minimum absolute atomic E-state index is 0.104. The van der Waals surface area contributed by atoms with Crippen LogP contribution in [0.5, 0.6) is 0 Å². The molecule has 5 rings (SSSR count). The molecule has 2 N–H and O–H groups in total. The summed E-state index contributed by atoms with van der Waals surface area (Å²) in [5, 5.41) is 6.58. The van der Waals surface area contributed by atoms with Crippen LogP contribution in [0.1, 0.15) is 38.5 Å². The van der Waals surface area contributed by atoms with E-state index in [0.717, 1.165) is 25.7 Å². The zero-order valence-corrected chi connectivity index (χ0v) is 20.6. The summed E-state index contributed by atoms with van der Waals surface area (Å²) >= 11 is 6.07. The molecule has 3 fully saturated rings. The molecule has 188 valence electrons. The lowest BCUT2D eigenvalue weighted by Gasteiger charge is -2.34. The first-order valence-electron chi connectivity index (χ1n) is 12.5. The maximum absolute atomic E-state index is 13.8.